The minimum atomic E-state index is -0.257. The summed E-state index contributed by atoms with van der Waals surface area (Å²) in [6, 6.07) is 10.1. The van der Waals surface area contributed by atoms with E-state index in [4.69, 9.17) is 9.05 Å². The number of rotatable bonds is 4. The summed E-state index contributed by atoms with van der Waals surface area (Å²) in [4.78, 5) is 14.8. The van der Waals surface area contributed by atoms with Crippen molar-refractivity contribution in [2.24, 2.45) is 0 Å². The van der Waals surface area contributed by atoms with E-state index in [1.54, 1.807) is 12.4 Å². The van der Waals surface area contributed by atoms with Crippen molar-refractivity contribution in [2.75, 3.05) is 6.54 Å². The summed E-state index contributed by atoms with van der Waals surface area (Å²) < 4.78 is 10.5. The number of urea groups is 1. The number of nitrogens with one attached hydrogen (secondary N) is 1. The number of carbonyl (C=O) groups excluding carboxylic acids is 1. The van der Waals surface area contributed by atoms with Gasteiger partial charge in [0.05, 0.1) is 18.4 Å². The summed E-state index contributed by atoms with van der Waals surface area (Å²) in [5, 5.41) is 17.8. The van der Waals surface area contributed by atoms with E-state index in [0.717, 1.165) is 18.6 Å². The van der Waals surface area contributed by atoms with E-state index in [-0.39, 0.29) is 24.0 Å². The molecule has 9 heteroatoms. The number of hydrogen-bond donors (Lipinski definition) is 1. The standard InChI is InChI=1S/C19H20N6O3/c26-19(22-15-9-14(15)12-4-2-1-3-5-12)25-7-6-13(17-10-20-23-27-17)8-16(25)18-11-21-24-28-18/h1-5,10-11,13-16H,6-9H2,(H,22,26). The van der Waals surface area contributed by atoms with Gasteiger partial charge in [-0.3, -0.25) is 0 Å². The van der Waals surface area contributed by atoms with E-state index in [1.807, 2.05) is 23.1 Å². The third-order valence-corrected chi connectivity index (χ3v) is 5.68. The first kappa shape index (κ1) is 16.9. The Morgan fingerprint density at radius 1 is 1.04 bits per heavy atom. The predicted octanol–water partition coefficient (Wildman–Crippen LogP) is 2.64. The van der Waals surface area contributed by atoms with Crippen molar-refractivity contribution in [2.45, 2.75) is 43.2 Å². The highest BCUT2D eigenvalue weighted by Gasteiger charge is 2.43. The van der Waals surface area contributed by atoms with Crippen molar-refractivity contribution < 1.29 is 13.8 Å². The maximum absolute atomic E-state index is 13.0. The van der Waals surface area contributed by atoms with Crippen LogP contribution in [0.15, 0.2) is 51.8 Å². The molecule has 2 aliphatic rings. The Balaban J connectivity index is 1.29. The second kappa shape index (κ2) is 7.06. The molecule has 28 heavy (non-hydrogen) atoms. The van der Waals surface area contributed by atoms with Crippen molar-refractivity contribution in [1.29, 1.82) is 0 Å². The molecule has 2 aromatic heterocycles. The molecule has 0 radical (unpaired) electrons. The maximum Gasteiger partial charge on any atom is 0.318 e. The number of carbonyl (C=O) groups is 1. The van der Waals surface area contributed by atoms with Gasteiger partial charge in [0.25, 0.3) is 0 Å². The Morgan fingerprint density at radius 2 is 1.79 bits per heavy atom. The van der Waals surface area contributed by atoms with Crippen molar-refractivity contribution in [3.63, 3.8) is 0 Å². The molecule has 4 unspecified atom stereocenters. The second-order valence-electron chi connectivity index (χ2n) is 7.38. The van der Waals surface area contributed by atoms with Crippen molar-refractivity contribution >= 4 is 6.03 Å². The minimum absolute atomic E-state index is 0.0843. The predicted molar refractivity (Wildman–Crippen MR) is 96.1 cm³/mol. The van der Waals surface area contributed by atoms with Gasteiger partial charge >= 0.3 is 6.03 Å². The van der Waals surface area contributed by atoms with Crippen LogP contribution in [0.5, 0.6) is 0 Å². The Kier molecular flexibility index (Phi) is 4.27. The van der Waals surface area contributed by atoms with Crippen LogP contribution in [-0.2, 0) is 0 Å². The van der Waals surface area contributed by atoms with E-state index < -0.39 is 0 Å². The van der Waals surface area contributed by atoms with Gasteiger partial charge in [0.2, 0.25) is 0 Å². The van der Waals surface area contributed by atoms with Crippen LogP contribution < -0.4 is 5.32 Å². The molecule has 144 valence electrons. The lowest BCUT2D eigenvalue weighted by molar-refractivity contribution is 0.119. The van der Waals surface area contributed by atoms with Gasteiger partial charge in [0.15, 0.2) is 11.5 Å². The number of benzene rings is 1. The molecule has 1 aliphatic carbocycles. The Bertz CT molecular complexity index is 915. The van der Waals surface area contributed by atoms with Gasteiger partial charge in [-0.25, -0.2) is 4.79 Å². The Labute approximate surface area is 161 Å². The Morgan fingerprint density at radius 3 is 2.50 bits per heavy atom. The second-order valence-corrected chi connectivity index (χ2v) is 7.38. The molecule has 4 atom stereocenters. The molecular weight excluding hydrogens is 360 g/mol. The lowest BCUT2D eigenvalue weighted by atomic mass is 9.88. The topological polar surface area (TPSA) is 110 Å². The zero-order valence-corrected chi connectivity index (χ0v) is 15.1. The average molecular weight is 380 g/mol. The summed E-state index contributed by atoms with van der Waals surface area (Å²) in [6.07, 6.45) is 5.58. The monoisotopic (exact) mass is 380 g/mol. The first-order chi connectivity index (χ1) is 13.8. The van der Waals surface area contributed by atoms with Crippen LogP contribution in [0.25, 0.3) is 0 Å². The largest absolute Gasteiger partial charge is 0.342 e. The molecule has 0 bridgehead atoms. The zero-order valence-electron chi connectivity index (χ0n) is 15.1. The third-order valence-electron chi connectivity index (χ3n) is 5.68. The molecular formula is C19H20N6O3. The van der Waals surface area contributed by atoms with Gasteiger partial charge in [-0.2, -0.15) is 0 Å². The fraction of sp³-hybridized carbons (Fsp3) is 0.421. The summed E-state index contributed by atoms with van der Waals surface area (Å²) in [5.74, 6) is 1.80. The van der Waals surface area contributed by atoms with Crippen LogP contribution in [0.2, 0.25) is 0 Å². The summed E-state index contributed by atoms with van der Waals surface area (Å²) >= 11 is 0. The number of hydrogen-bond acceptors (Lipinski definition) is 7. The van der Waals surface area contributed by atoms with Crippen LogP contribution in [0.1, 0.15) is 54.2 Å². The van der Waals surface area contributed by atoms with E-state index >= 15 is 0 Å². The molecule has 1 aliphatic heterocycles. The van der Waals surface area contributed by atoms with Gasteiger partial charge in [-0.05, 0) is 24.8 Å². The van der Waals surface area contributed by atoms with Gasteiger partial charge in [-0.15, -0.1) is 10.2 Å². The highest BCUT2D eigenvalue weighted by Crippen LogP contribution is 2.42. The van der Waals surface area contributed by atoms with E-state index in [0.29, 0.717) is 24.6 Å². The summed E-state index contributed by atoms with van der Waals surface area (Å²) in [6.45, 7) is 0.575. The number of nitrogens with zero attached hydrogens (tertiary/aromatic N) is 5. The number of amides is 2. The normalized spacial score (nSPS) is 26.8. The smallest absolute Gasteiger partial charge is 0.318 e. The molecule has 9 nitrogen and oxygen atoms in total. The first-order valence-corrected chi connectivity index (χ1v) is 9.46. The van der Waals surface area contributed by atoms with Crippen LogP contribution in [0, 0.1) is 0 Å². The van der Waals surface area contributed by atoms with Gasteiger partial charge < -0.3 is 19.3 Å². The van der Waals surface area contributed by atoms with Crippen molar-refractivity contribution in [1.82, 2.24) is 31.0 Å². The number of likely N-dealkylation sites (tertiary alicyclic amines) is 1. The SMILES string of the molecule is O=C(NC1CC1c1ccccc1)N1CCC(c2cnno2)CC1c1cnno1. The molecule has 2 fully saturated rings. The maximum atomic E-state index is 13.0. The zero-order chi connectivity index (χ0) is 18.9. The Hall–Kier alpha value is -3.23. The lowest BCUT2D eigenvalue weighted by Crippen LogP contribution is -2.46. The van der Waals surface area contributed by atoms with Crippen molar-refractivity contribution in [3.05, 3.63) is 59.8 Å². The molecule has 1 aromatic carbocycles. The summed E-state index contributed by atoms with van der Waals surface area (Å²) in [7, 11) is 0. The highest BCUT2D eigenvalue weighted by atomic mass is 16.5. The number of piperidine rings is 1. The molecule has 3 heterocycles. The lowest BCUT2D eigenvalue weighted by Gasteiger charge is -2.37. The fourth-order valence-electron chi connectivity index (χ4n) is 4.08. The van der Waals surface area contributed by atoms with Crippen LogP contribution in [0.3, 0.4) is 0 Å². The van der Waals surface area contributed by atoms with Gasteiger partial charge in [0, 0.05) is 35.0 Å². The minimum Gasteiger partial charge on any atom is -0.342 e. The molecule has 1 N–H and O–H groups in total. The van der Waals surface area contributed by atoms with Crippen LogP contribution in [-0.4, -0.2) is 44.3 Å². The fourth-order valence-corrected chi connectivity index (χ4v) is 4.08. The molecule has 3 aromatic rings. The quantitative estimate of drug-likeness (QED) is 0.741. The molecule has 0 spiro atoms. The summed E-state index contributed by atoms with van der Waals surface area (Å²) in [5.41, 5.74) is 1.26. The van der Waals surface area contributed by atoms with Crippen molar-refractivity contribution in [3.8, 4) is 0 Å². The molecule has 2 amide bonds. The average Bonchev–Trinajstić information content (AvgIpc) is 3.15. The highest BCUT2D eigenvalue weighted by molar-refractivity contribution is 5.76. The first-order valence-electron chi connectivity index (χ1n) is 9.46. The van der Waals surface area contributed by atoms with Gasteiger partial charge in [-0.1, -0.05) is 30.3 Å². The van der Waals surface area contributed by atoms with Crippen LogP contribution >= 0.6 is 0 Å². The number of aromatic nitrogens is 4. The molecule has 1 saturated carbocycles. The van der Waals surface area contributed by atoms with Gasteiger partial charge in [0.1, 0.15) is 0 Å². The van der Waals surface area contributed by atoms with E-state index in [1.165, 1.54) is 5.56 Å². The van der Waals surface area contributed by atoms with E-state index in [2.05, 4.69) is 38.2 Å². The van der Waals surface area contributed by atoms with E-state index in [9.17, 15) is 4.79 Å². The molecule has 1 saturated heterocycles. The third kappa shape index (κ3) is 3.23. The van der Waals surface area contributed by atoms with Crippen LogP contribution in [0.4, 0.5) is 4.79 Å². The molecule has 5 rings (SSSR count).